The van der Waals surface area contributed by atoms with Gasteiger partial charge in [-0.15, -0.1) is 0 Å². The van der Waals surface area contributed by atoms with E-state index in [1.54, 1.807) is 11.7 Å². The molecule has 0 aliphatic carbocycles. The van der Waals surface area contributed by atoms with Gasteiger partial charge in [0.2, 0.25) is 0 Å². The van der Waals surface area contributed by atoms with E-state index < -0.39 is 0 Å². The molecule has 0 saturated heterocycles. The average Bonchev–Trinajstić information content (AvgIpc) is 3.04. The maximum Gasteiger partial charge on any atom is 0.181 e. The van der Waals surface area contributed by atoms with Crippen LogP contribution in [0, 0.1) is 5.92 Å². The van der Waals surface area contributed by atoms with Crippen LogP contribution in [-0.4, -0.2) is 31.5 Å². The Kier molecular flexibility index (Phi) is 8.18. The highest BCUT2D eigenvalue weighted by Gasteiger charge is 2.09. The lowest BCUT2D eigenvalue weighted by atomic mass is 10.0. The van der Waals surface area contributed by atoms with E-state index in [0.29, 0.717) is 17.1 Å². The van der Waals surface area contributed by atoms with Crippen molar-refractivity contribution in [1.82, 2.24) is 19.9 Å². The van der Waals surface area contributed by atoms with E-state index in [-0.39, 0.29) is 23.9 Å². The lowest BCUT2D eigenvalue weighted by Gasteiger charge is -2.01. The molecule has 0 amide bonds. The molecule has 7 heteroatoms. The Bertz CT molecular complexity index is 680. The molecule has 0 aliphatic heterocycles. The van der Waals surface area contributed by atoms with Crippen molar-refractivity contribution in [2.45, 2.75) is 45.6 Å². The smallest absolute Gasteiger partial charge is 0.181 e. The summed E-state index contributed by atoms with van der Waals surface area (Å²) in [5, 5.41) is 2.38. The van der Waals surface area contributed by atoms with Crippen LogP contribution in [0.5, 0.6) is 0 Å². The van der Waals surface area contributed by atoms with E-state index >= 15 is 0 Å². The number of fused-ring (bicyclic) bond motifs is 1. The van der Waals surface area contributed by atoms with Crippen molar-refractivity contribution in [1.29, 1.82) is 0 Å². The van der Waals surface area contributed by atoms with Crippen LogP contribution in [0.4, 0.5) is 0 Å². The first-order valence-electron chi connectivity index (χ1n) is 7.60. The molecule has 6 nitrogen and oxygen atoms in total. The van der Waals surface area contributed by atoms with Gasteiger partial charge in [0.05, 0.1) is 6.33 Å². The summed E-state index contributed by atoms with van der Waals surface area (Å²) >= 11 is 1.31. The molecule has 1 N–H and O–H groups in total. The number of ketones is 2. The van der Waals surface area contributed by atoms with Crippen LogP contribution >= 0.6 is 11.8 Å². The summed E-state index contributed by atoms with van der Waals surface area (Å²) in [6.07, 6.45) is 5.00. The van der Waals surface area contributed by atoms with Crippen LogP contribution in [0.15, 0.2) is 29.2 Å². The molecule has 2 heterocycles. The third-order valence-corrected chi connectivity index (χ3v) is 3.69. The molecule has 124 valence electrons. The molecule has 0 saturated carbocycles. The van der Waals surface area contributed by atoms with Crippen molar-refractivity contribution in [3.63, 3.8) is 0 Å². The van der Waals surface area contributed by atoms with Gasteiger partial charge in [-0.25, -0.2) is 15.0 Å². The number of allylic oxidation sites excluding steroid dienone is 1. The first-order chi connectivity index (χ1) is 11.1. The van der Waals surface area contributed by atoms with Crippen molar-refractivity contribution in [2.75, 3.05) is 0 Å². The van der Waals surface area contributed by atoms with E-state index in [4.69, 9.17) is 0 Å². The molecule has 0 aliphatic rings. The number of nitrogens with zero attached hydrogens (tertiary/aromatic N) is 3. The van der Waals surface area contributed by atoms with Gasteiger partial charge in [-0.1, -0.05) is 39.5 Å². The number of aromatic amines is 1. The Morgan fingerprint density at radius 3 is 2.65 bits per heavy atom. The summed E-state index contributed by atoms with van der Waals surface area (Å²) in [6.45, 7) is 7.67. The third kappa shape index (κ3) is 5.94. The molecule has 0 radical (unpaired) electrons. The Morgan fingerprint density at radius 1 is 1.22 bits per heavy atom. The number of carbonyl (C=O) groups excluding carboxylic acids is 2. The van der Waals surface area contributed by atoms with Gasteiger partial charge in [-0.3, -0.25) is 9.59 Å². The number of rotatable bonds is 7. The Balaban J connectivity index is 0.00000127. The van der Waals surface area contributed by atoms with Gasteiger partial charge in [0, 0.05) is 18.8 Å². The number of imidazole rings is 1. The summed E-state index contributed by atoms with van der Waals surface area (Å²) in [5.74, 6) is 0.0246. The second-order valence-electron chi connectivity index (χ2n) is 4.79. The number of nitrogens with one attached hydrogen (secondary N) is 1. The molecule has 2 aromatic rings. The second-order valence-corrected chi connectivity index (χ2v) is 5.68. The van der Waals surface area contributed by atoms with Crippen molar-refractivity contribution in [3.05, 3.63) is 24.1 Å². The summed E-state index contributed by atoms with van der Waals surface area (Å²) in [4.78, 5) is 38.3. The van der Waals surface area contributed by atoms with Crippen molar-refractivity contribution in [2.24, 2.45) is 5.92 Å². The highest BCUT2D eigenvalue weighted by molar-refractivity contribution is 8.02. The number of Topliss-reactive ketones (excluding diaryl/α,β-unsaturated/α-hetero) is 1. The predicted molar refractivity (Wildman–Crippen MR) is 92.1 cm³/mol. The van der Waals surface area contributed by atoms with Gasteiger partial charge in [0.1, 0.15) is 22.7 Å². The number of aromatic nitrogens is 4. The maximum absolute atomic E-state index is 11.7. The molecule has 23 heavy (non-hydrogen) atoms. The Labute approximate surface area is 140 Å². The summed E-state index contributed by atoms with van der Waals surface area (Å²) in [5.41, 5.74) is 1.34. The number of hydrogen-bond donors (Lipinski definition) is 1. The Morgan fingerprint density at radius 2 is 1.96 bits per heavy atom. The SMILES string of the molecule is CC.CC(C)C(=O)CCC(=O)/C=C\Sc1ncnc2nc[nH]c12. The van der Waals surface area contributed by atoms with Crippen LogP contribution in [0.1, 0.15) is 40.5 Å². The second kappa shape index (κ2) is 9.89. The number of carbonyl (C=O) groups is 2. The largest absolute Gasteiger partial charge is 0.341 e. The van der Waals surface area contributed by atoms with Crippen molar-refractivity contribution in [3.8, 4) is 0 Å². The van der Waals surface area contributed by atoms with E-state index in [1.165, 1.54) is 24.2 Å². The molecule has 0 spiro atoms. The molecule has 2 rings (SSSR count). The molecular formula is C16H22N4O2S. The molecule has 0 atom stereocenters. The molecule has 2 aromatic heterocycles. The molecular weight excluding hydrogens is 312 g/mol. The van der Waals surface area contributed by atoms with Gasteiger partial charge in [-0.2, -0.15) is 0 Å². The van der Waals surface area contributed by atoms with Gasteiger partial charge in [0.25, 0.3) is 0 Å². The average molecular weight is 334 g/mol. The molecule has 0 aromatic carbocycles. The quantitative estimate of drug-likeness (QED) is 0.473. The van der Waals surface area contributed by atoms with Gasteiger partial charge in [-0.05, 0) is 11.5 Å². The minimum Gasteiger partial charge on any atom is -0.341 e. The van der Waals surface area contributed by atoms with Crippen LogP contribution in [0.3, 0.4) is 0 Å². The van der Waals surface area contributed by atoms with Gasteiger partial charge < -0.3 is 4.98 Å². The van der Waals surface area contributed by atoms with Crippen LogP contribution < -0.4 is 0 Å². The number of thioether (sulfide) groups is 1. The molecule has 0 bridgehead atoms. The third-order valence-electron chi connectivity index (χ3n) is 2.88. The lowest BCUT2D eigenvalue weighted by molar-refractivity contribution is -0.124. The number of H-pyrrole nitrogens is 1. The summed E-state index contributed by atoms with van der Waals surface area (Å²) in [7, 11) is 0. The fourth-order valence-corrected chi connectivity index (χ4v) is 2.35. The fraction of sp³-hybridized carbons (Fsp3) is 0.438. The fourth-order valence-electron chi connectivity index (χ4n) is 1.62. The van der Waals surface area contributed by atoms with Crippen LogP contribution in [0.25, 0.3) is 11.2 Å². The molecule has 0 fully saturated rings. The van der Waals surface area contributed by atoms with Gasteiger partial charge in [0.15, 0.2) is 11.4 Å². The monoisotopic (exact) mass is 334 g/mol. The Hall–Kier alpha value is -2.02. The molecule has 0 unspecified atom stereocenters. The van der Waals surface area contributed by atoms with Gasteiger partial charge >= 0.3 is 0 Å². The van der Waals surface area contributed by atoms with E-state index in [9.17, 15) is 9.59 Å². The highest BCUT2D eigenvalue weighted by atomic mass is 32.2. The lowest BCUT2D eigenvalue weighted by Crippen LogP contribution is -2.08. The standard InChI is InChI=1S/C14H16N4O2S.C2H6/c1-9(2)11(20)4-3-10(19)5-6-21-14-12-13(16-7-15-12)17-8-18-14;1-2/h5-9H,3-4H2,1-2H3,(H,15,16,17,18);1-2H3/b6-5-;. The summed E-state index contributed by atoms with van der Waals surface area (Å²) < 4.78 is 0. The van der Waals surface area contributed by atoms with E-state index in [0.717, 1.165) is 5.52 Å². The van der Waals surface area contributed by atoms with Crippen molar-refractivity contribution < 1.29 is 9.59 Å². The normalized spacial score (nSPS) is 10.8. The zero-order valence-electron chi connectivity index (χ0n) is 13.9. The highest BCUT2D eigenvalue weighted by Crippen LogP contribution is 2.22. The summed E-state index contributed by atoms with van der Waals surface area (Å²) in [6, 6.07) is 0. The maximum atomic E-state index is 11.7. The zero-order valence-corrected chi connectivity index (χ0v) is 14.7. The van der Waals surface area contributed by atoms with Crippen LogP contribution in [-0.2, 0) is 9.59 Å². The first kappa shape index (κ1) is 19.0. The van der Waals surface area contributed by atoms with Crippen LogP contribution in [0.2, 0.25) is 0 Å². The van der Waals surface area contributed by atoms with E-state index in [1.807, 2.05) is 27.7 Å². The minimum absolute atomic E-state index is 0.0224. The number of hydrogen-bond acceptors (Lipinski definition) is 6. The first-order valence-corrected chi connectivity index (χ1v) is 8.48. The minimum atomic E-state index is -0.0635. The van der Waals surface area contributed by atoms with Crippen molar-refractivity contribution >= 4 is 34.5 Å². The predicted octanol–water partition coefficient (Wildman–Crippen LogP) is 3.56. The zero-order chi connectivity index (χ0) is 17.2. The topological polar surface area (TPSA) is 88.6 Å². The van der Waals surface area contributed by atoms with E-state index in [2.05, 4.69) is 19.9 Å².